The van der Waals surface area contributed by atoms with E-state index in [9.17, 15) is 9.18 Å². The van der Waals surface area contributed by atoms with Crippen molar-refractivity contribution in [1.82, 2.24) is 9.88 Å². The molecule has 110 valence electrons. The van der Waals surface area contributed by atoms with Gasteiger partial charge in [-0.05, 0) is 44.2 Å². The lowest BCUT2D eigenvalue weighted by atomic mass is 10.1. The van der Waals surface area contributed by atoms with Crippen molar-refractivity contribution in [2.24, 2.45) is 0 Å². The Balaban J connectivity index is 2.24. The van der Waals surface area contributed by atoms with Crippen LogP contribution in [0.3, 0.4) is 0 Å². The molecule has 3 nitrogen and oxygen atoms in total. The van der Waals surface area contributed by atoms with Crippen LogP contribution in [-0.4, -0.2) is 22.3 Å². The van der Waals surface area contributed by atoms with Crippen LogP contribution in [0.15, 0.2) is 41.3 Å². The molecule has 0 saturated heterocycles. The molecule has 0 saturated carbocycles. The topological polar surface area (TPSA) is 33.2 Å². The van der Waals surface area contributed by atoms with E-state index in [1.165, 1.54) is 18.2 Å². The first-order valence-corrected chi connectivity index (χ1v) is 7.16. The number of halogens is 1. The van der Waals surface area contributed by atoms with Crippen molar-refractivity contribution >= 4 is 18.5 Å². The second-order valence-corrected chi connectivity index (χ2v) is 5.27. The average Bonchev–Trinajstić information content (AvgIpc) is 2.46. The number of rotatable bonds is 4. The van der Waals surface area contributed by atoms with E-state index in [-0.39, 0.29) is 11.5 Å². The van der Waals surface area contributed by atoms with Crippen molar-refractivity contribution in [1.29, 1.82) is 0 Å². The Hall–Kier alpha value is -1.88. The number of carbonyl (C=O) groups is 1. The van der Waals surface area contributed by atoms with Crippen LogP contribution in [0.2, 0.25) is 0 Å². The molecule has 0 aliphatic heterocycles. The molecule has 0 bridgehead atoms. The summed E-state index contributed by atoms with van der Waals surface area (Å²) in [5.41, 5.74) is 1.71. The van der Waals surface area contributed by atoms with E-state index < -0.39 is 5.82 Å². The SMILES string of the molecule is CCN(Cc1cccc(C)n1)C(=O)c1cc(S)ccc1F. The second kappa shape index (κ2) is 6.72. The minimum atomic E-state index is -0.534. The van der Waals surface area contributed by atoms with E-state index in [1.54, 1.807) is 4.90 Å². The summed E-state index contributed by atoms with van der Waals surface area (Å²) < 4.78 is 13.8. The zero-order valence-corrected chi connectivity index (χ0v) is 12.9. The molecule has 1 amide bonds. The Morgan fingerprint density at radius 3 is 2.76 bits per heavy atom. The second-order valence-electron chi connectivity index (χ2n) is 4.75. The summed E-state index contributed by atoms with van der Waals surface area (Å²) in [6, 6.07) is 9.87. The summed E-state index contributed by atoms with van der Waals surface area (Å²) in [5, 5.41) is 0. The first kappa shape index (κ1) is 15.5. The fourth-order valence-electron chi connectivity index (χ4n) is 2.06. The lowest BCUT2D eigenvalue weighted by Gasteiger charge is -2.21. The highest BCUT2D eigenvalue weighted by atomic mass is 32.1. The van der Waals surface area contributed by atoms with Crippen LogP contribution in [0.1, 0.15) is 28.7 Å². The van der Waals surface area contributed by atoms with E-state index in [1.807, 2.05) is 32.0 Å². The van der Waals surface area contributed by atoms with Gasteiger partial charge < -0.3 is 4.90 Å². The van der Waals surface area contributed by atoms with Crippen molar-refractivity contribution in [3.63, 3.8) is 0 Å². The number of aromatic nitrogens is 1. The molecule has 5 heteroatoms. The summed E-state index contributed by atoms with van der Waals surface area (Å²) in [6.07, 6.45) is 0. The molecule has 0 N–H and O–H groups in total. The fourth-order valence-corrected chi connectivity index (χ4v) is 2.26. The zero-order chi connectivity index (χ0) is 15.4. The van der Waals surface area contributed by atoms with Gasteiger partial charge in [-0.15, -0.1) is 12.6 Å². The molecule has 0 unspecified atom stereocenters. The van der Waals surface area contributed by atoms with E-state index in [0.29, 0.717) is 18.0 Å². The Bertz CT molecular complexity index is 660. The van der Waals surface area contributed by atoms with Gasteiger partial charge in [0, 0.05) is 17.1 Å². The van der Waals surface area contributed by atoms with Gasteiger partial charge in [0.1, 0.15) is 5.82 Å². The van der Waals surface area contributed by atoms with E-state index in [4.69, 9.17) is 0 Å². The van der Waals surface area contributed by atoms with Crippen molar-refractivity contribution in [2.75, 3.05) is 6.54 Å². The maximum absolute atomic E-state index is 13.8. The van der Waals surface area contributed by atoms with Gasteiger partial charge in [-0.1, -0.05) is 6.07 Å². The van der Waals surface area contributed by atoms with Crippen LogP contribution in [0.4, 0.5) is 4.39 Å². The molecular weight excluding hydrogens is 287 g/mol. The van der Waals surface area contributed by atoms with Crippen LogP contribution in [0.5, 0.6) is 0 Å². The number of pyridine rings is 1. The highest BCUT2D eigenvalue weighted by Gasteiger charge is 2.19. The lowest BCUT2D eigenvalue weighted by molar-refractivity contribution is 0.0745. The molecule has 1 heterocycles. The highest BCUT2D eigenvalue weighted by Crippen LogP contribution is 2.16. The third-order valence-corrected chi connectivity index (χ3v) is 3.43. The molecule has 0 atom stereocenters. The molecule has 0 fully saturated rings. The predicted molar refractivity (Wildman–Crippen MR) is 83.0 cm³/mol. The van der Waals surface area contributed by atoms with Crippen LogP contribution in [-0.2, 0) is 6.54 Å². The number of benzene rings is 1. The monoisotopic (exact) mass is 304 g/mol. The zero-order valence-electron chi connectivity index (χ0n) is 12.0. The Labute approximate surface area is 129 Å². The van der Waals surface area contributed by atoms with Gasteiger partial charge in [-0.25, -0.2) is 4.39 Å². The van der Waals surface area contributed by atoms with Crippen LogP contribution in [0.25, 0.3) is 0 Å². The minimum absolute atomic E-state index is 0.0389. The van der Waals surface area contributed by atoms with Crippen molar-refractivity contribution in [3.8, 4) is 0 Å². The molecule has 21 heavy (non-hydrogen) atoms. The van der Waals surface area contributed by atoms with Crippen molar-refractivity contribution in [2.45, 2.75) is 25.3 Å². The molecule has 2 aromatic rings. The molecule has 0 spiro atoms. The number of amides is 1. The minimum Gasteiger partial charge on any atom is -0.333 e. The van der Waals surface area contributed by atoms with Crippen LogP contribution < -0.4 is 0 Å². The van der Waals surface area contributed by atoms with E-state index in [0.717, 1.165) is 11.4 Å². The summed E-state index contributed by atoms with van der Waals surface area (Å²) in [5.74, 6) is -0.886. The number of carbonyl (C=O) groups excluding carboxylic acids is 1. The maximum Gasteiger partial charge on any atom is 0.257 e. The van der Waals surface area contributed by atoms with Crippen LogP contribution >= 0.6 is 12.6 Å². The van der Waals surface area contributed by atoms with Gasteiger partial charge >= 0.3 is 0 Å². The first-order chi connectivity index (χ1) is 10.0. The van der Waals surface area contributed by atoms with Gasteiger partial charge in [-0.2, -0.15) is 0 Å². The number of hydrogen-bond acceptors (Lipinski definition) is 3. The Morgan fingerprint density at radius 2 is 2.10 bits per heavy atom. The molecule has 1 aromatic carbocycles. The number of nitrogens with zero attached hydrogens (tertiary/aromatic N) is 2. The molecule has 0 aliphatic rings. The first-order valence-electron chi connectivity index (χ1n) is 6.71. The number of thiol groups is 1. The quantitative estimate of drug-likeness (QED) is 0.877. The summed E-state index contributed by atoms with van der Waals surface area (Å²) in [4.78, 5) is 19.0. The summed E-state index contributed by atoms with van der Waals surface area (Å²) in [6.45, 7) is 4.58. The molecular formula is C16H17FN2OS. The standard InChI is InChI=1S/C16H17FN2OS/c1-3-19(10-12-6-4-5-11(2)18-12)16(20)14-9-13(21)7-8-15(14)17/h4-9,21H,3,10H2,1-2H3. The lowest BCUT2D eigenvalue weighted by Crippen LogP contribution is -2.31. The van der Waals surface area contributed by atoms with E-state index >= 15 is 0 Å². The molecule has 2 rings (SSSR count). The third kappa shape index (κ3) is 3.82. The summed E-state index contributed by atoms with van der Waals surface area (Å²) in [7, 11) is 0. The molecule has 1 aromatic heterocycles. The fraction of sp³-hybridized carbons (Fsp3) is 0.250. The van der Waals surface area contributed by atoms with Gasteiger partial charge in [0.05, 0.1) is 17.8 Å². The number of hydrogen-bond donors (Lipinski definition) is 1. The maximum atomic E-state index is 13.8. The van der Waals surface area contributed by atoms with Crippen molar-refractivity contribution in [3.05, 3.63) is 59.2 Å². The van der Waals surface area contributed by atoms with Crippen molar-refractivity contribution < 1.29 is 9.18 Å². The van der Waals surface area contributed by atoms with Crippen LogP contribution in [0, 0.1) is 12.7 Å². The van der Waals surface area contributed by atoms with Gasteiger partial charge in [0.25, 0.3) is 5.91 Å². The third-order valence-electron chi connectivity index (χ3n) is 3.15. The van der Waals surface area contributed by atoms with Gasteiger partial charge in [0.15, 0.2) is 0 Å². The largest absolute Gasteiger partial charge is 0.333 e. The smallest absolute Gasteiger partial charge is 0.257 e. The number of aryl methyl sites for hydroxylation is 1. The Kier molecular flexibility index (Phi) is 4.96. The van der Waals surface area contributed by atoms with Gasteiger partial charge in [-0.3, -0.25) is 9.78 Å². The van der Waals surface area contributed by atoms with Gasteiger partial charge in [0.2, 0.25) is 0 Å². The normalized spacial score (nSPS) is 10.5. The average molecular weight is 304 g/mol. The highest BCUT2D eigenvalue weighted by molar-refractivity contribution is 7.80. The molecule has 0 radical (unpaired) electrons. The summed E-state index contributed by atoms with van der Waals surface area (Å²) >= 11 is 4.16. The predicted octanol–water partition coefficient (Wildman–Crippen LogP) is 3.48. The van der Waals surface area contributed by atoms with E-state index in [2.05, 4.69) is 17.6 Å². The molecule has 0 aliphatic carbocycles. The Morgan fingerprint density at radius 1 is 1.33 bits per heavy atom.